The lowest BCUT2D eigenvalue weighted by molar-refractivity contribution is 0.00981. The third-order valence-electron chi connectivity index (χ3n) is 3.86. The molecule has 0 spiro atoms. The largest absolute Gasteiger partial charge is 0.465 e. The molecule has 1 aliphatic rings. The molecule has 2 rings (SSSR count). The van der Waals surface area contributed by atoms with Crippen LogP contribution in [-0.4, -0.2) is 37.5 Å². The van der Waals surface area contributed by atoms with Crippen molar-refractivity contribution < 1.29 is 19.4 Å². The number of hydrogen-bond donors (Lipinski definition) is 1. The average molecular weight is 264 g/mol. The first-order chi connectivity index (χ1) is 9.15. The van der Waals surface area contributed by atoms with Crippen molar-refractivity contribution >= 4 is 5.97 Å². The quantitative estimate of drug-likeness (QED) is 0.850. The maximum absolute atomic E-state index is 11.4. The van der Waals surface area contributed by atoms with Crippen LogP contribution < -0.4 is 0 Å². The van der Waals surface area contributed by atoms with Gasteiger partial charge in [-0.3, -0.25) is 0 Å². The Morgan fingerprint density at radius 2 is 1.89 bits per heavy atom. The summed E-state index contributed by atoms with van der Waals surface area (Å²) in [6, 6.07) is 7.25. The van der Waals surface area contributed by atoms with Gasteiger partial charge in [0, 0.05) is 13.0 Å². The molecule has 1 N–H and O–H groups in total. The van der Waals surface area contributed by atoms with Crippen molar-refractivity contribution in [3.63, 3.8) is 0 Å². The molecule has 4 heteroatoms. The smallest absolute Gasteiger partial charge is 0.337 e. The van der Waals surface area contributed by atoms with Gasteiger partial charge in [0.15, 0.2) is 0 Å². The Hall–Kier alpha value is -1.39. The van der Waals surface area contributed by atoms with Gasteiger partial charge in [0.05, 0.1) is 24.9 Å². The van der Waals surface area contributed by atoms with Crippen molar-refractivity contribution in [3.05, 3.63) is 35.4 Å². The zero-order valence-corrected chi connectivity index (χ0v) is 11.3. The van der Waals surface area contributed by atoms with Crippen LogP contribution in [0.2, 0.25) is 0 Å². The van der Waals surface area contributed by atoms with E-state index < -0.39 is 0 Å². The van der Waals surface area contributed by atoms with Gasteiger partial charge in [-0.05, 0) is 37.0 Å². The summed E-state index contributed by atoms with van der Waals surface area (Å²) in [4.78, 5) is 11.4. The summed E-state index contributed by atoms with van der Waals surface area (Å²) >= 11 is 0. The molecule has 0 saturated heterocycles. The second kappa shape index (κ2) is 6.17. The minimum absolute atomic E-state index is 0.0744. The normalized spacial score (nSPS) is 27.0. The van der Waals surface area contributed by atoms with Gasteiger partial charge in [0.2, 0.25) is 0 Å². The van der Waals surface area contributed by atoms with Gasteiger partial charge in [-0.25, -0.2) is 4.79 Å². The number of esters is 1. The van der Waals surface area contributed by atoms with Crippen LogP contribution in [0.5, 0.6) is 0 Å². The zero-order valence-electron chi connectivity index (χ0n) is 11.3. The molecule has 0 amide bonds. The third-order valence-corrected chi connectivity index (χ3v) is 3.86. The monoisotopic (exact) mass is 264 g/mol. The highest BCUT2D eigenvalue weighted by Crippen LogP contribution is 2.34. The summed E-state index contributed by atoms with van der Waals surface area (Å²) in [7, 11) is 3.07. The fourth-order valence-corrected chi connectivity index (χ4v) is 2.67. The molecule has 19 heavy (non-hydrogen) atoms. The van der Waals surface area contributed by atoms with Crippen LogP contribution >= 0.6 is 0 Å². The van der Waals surface area contributed by atoms with Gasteiger partial charge in [-0.2, -0.15) is 0 Å². The van der Waals surface area contributed by atoms with E-state index in [0.717, 1.165) is 24.8 Å². The molecule has 4 nitrogen and oxygen atoms in total. The number of ether oxygens (including phenoxy) is 2. The Kier molecular flexibility index (Phi) is 4.56. The minimum atomic E-state index is -0.342. The Morgan fingerprint density at radius 1 is 1.21 bits per heavy atom. The lowest BCUT2D eigenvalue weighted by Gasteiger charge is -2.32. The van der Waals surface area contributed by atoms with Gasteiger partial charge in [0.1, 0.15) is 0 Å². The molecular formula is C15H20O4. The number of aliphatic hydroxyl groups excluding tert-OH is 1. The zero-order chi connectivity index (χ0) is 13.8. The maximum Gasteiger partial charge on any atom is 0.337 e. The van der Waals surface area contributed by atoms with Crippen LogP contribution in [0.4, 0.5) is 0 Å². The van der Waals surface area contributed by atoms with Crippen LogP contribution in [0.25, 0.3) is 0 Å². The highest BCUT2D eigenvalue weighted by atomic mass is 16.5. The third kappa shape index (κ3) is 3.14. The molecule has 0 radical (unpaired) electrons. The topological polar surface area (TPSA) is 55.8 Å². The number of methoxy groups -OCH3 is 2. The Bertz CT molecular complexity index is 426. The van der Waals surface area contributed by atoms with E-state index in [-0.39, 0.29) is 24.1 Å². The van der Waals surface area contributed by atoms with E-state index in [1.54, 1.807) is 19.2 Å². The second-order valence-electron chi connectivity index (χ2n) is 4.96. The SMILES string of the molecule is COC(=O)c1ccc([C@@H]2C[C@H](OC)CC[C@H]2O)cc1. The molecule has 1 aromatic carbocycles. The van der Waals surface area contributed by atoms with Crippen molar-refractivity contribution in [2.75, 3.05) is 14.2 Å². The van der Waals surface area contributed by atoms with Crippen molar-refractivity contribution in [1.82, 2.24) is 0 Å². The van der Waals surface area contributed by atoms with E-state index in [9.17, 15) is 9.90 Å². The maximum atomic E-state index is 11.4. The molecule has 0 bridgehead atoms. The molecule has 1 fully saturated rings. The minimum Gasteiger partial charge on any atom is -0.465 e. The number of hydrogen-bond acceptors (Lipinski definition) is 4. The second-order valence-corrected chi connectivity index (χ2v) is 4.96. The summed E-state index contributed by atoms with van der Waals surface area (Å²) < 4.78 is 10.1. The predicted molar refractivity (Wildman–Crippen MR) is 71.2 cm³/mol. The number of carbonyl (C=O) groups excluding carboxylic acids is 1. The standard InChI is InChI=1S/C15H20O4/c1-18-12-7-8-14(16)13(9-12)10-3-5-11(6-4-10)15(17)19-2/h3-6,12-14,16H,7-9H2,1-2H3/t12-,13+,14-/m1/s1. The van der Waals surface area contributed by atoms with Gasteiger partial charge in [-0.15, -0.1) is 0 Å². The van der Waals surface area contributed by atoms with E-state index in [0.29, 0.717) is 5.56 Å². The molecule has 3 atom stereocenters. The van der Waals surface area contributed by atoms with Crippen molar-refractivity contribution in [3.8, 4) is 0 Å². The van der Waals surface area contributed by atoms with Crippen LogP contribution in [-0.2, 0) is 9.47 Å². The Labute approximate surface area is 113 Å². The van der Waals surface area contributed by atoms with Gasteiger partial charge in [0.25, 0.3) is 0 Å². The van der Waals surface area contributed by atoms with Crippen LogP contribution in [0, 0.1) is 0 Å². The molecular weight excluding hydrogens is 244 g/mol. The fourth-order valence-electron chi connectivity index (χ4n) is 2.67. The molecule has 1 aliphatic carbocycles. The number of benzene rings is 1. The Morgan fingerprint density at radius 3 is 2.47 bits per heavy atom. The number of aliphatic hydroxyl groups is 1. The van der Waals surface area contributed by atoms with Crippen LogP contribution in [0.1, 0.15) is 41.1 Å². The average Bonchev–Trinajstić information content (AvgIpc) is 2.47. The van der Waals surface area contributed by atoms with E-state index in [1.807, 2.05) is 12.1 Å². The van der Waals surface area contributed by atoms with E-state index in [1.165, 1.54) is 7.11 Å². The van der Waals surface area contributed by atoms with Gasteiger partial charge < -0.3 is 14.6 Å². The van der Waals surface area contributed by atoms with Gasteiger partial charge in [-0.1, -0.05) is 12.1 Å². The summed E-state index contributed by atoms with van der Waals surface area (Å²) in [5.41, 5.74) is 1.57. The summed E-state index contributed by atoms with van der Waals surface area (Å²) in [5.74, 6) is -0.268. The molecule has 0 heterocycles. The first-order valence-electron chi connectivity index (χ1n) is 6.55. The molecule has 0 aromatic heterocycles. The lowest BCUT2D eigenvalue weighted by atomic mass is 9.80. The first-order valence-corrected chi connectivity index (χ1v) is 6.55. The summed E-state index contributed by atoms with van der Waals surface area (Å²) in [5, 5.41) is 10.1. The molecule has 1 aromatic rings. The molecule has 0 aliphatic heterocycles. The summed E-state index contributed by atoms with van der Waals surface area (Å²) in [6.07, 6.45) is 2.33. The van der Waals surface area contributed by atoms with Crippen molar-refractivity contribution in [2.45, 2.75) is 37.4 Å². The predicted octanol–water partition coefficient (Wildman–Crippen LogP) is 2.12. The van der Waals surface area contributed by atoms with Crippen molar-refractivity contribution in [1.29, 1.82) is 0 Å². The van der Waals surface area contributed by atoms with E-state index in [2.05, 4.69) is 4.74 Å². The molecule has 0 unspecified atom stereocenters. The Balaban J connectivity index is 2.14. The lowest BCUT2D eigenvalue weighted by Crippen LogP contribution is -2.31. The van der Waals surface area contributed by atoms with E-state index in [4.69, 9.17) is 4.74 Å². The van der Waals surface area contributed by atoms with Crippen LogP contribution in [0.3, 0.4) is 0 Å². The highest BCUT2D eigenvalue weighted by Gasteiger charge is 2.30. The highest BCUT2D eigenvalue weighted by molar-refractivity contribution is 5.89. The van der Waals surface area contributed by atoms with E-state index >= 15 is 0 Å². The number of carbonyl (C=O) groups is 1. The molecule has 1 saturated carbocycles. The molecule has 104 valence electrons. The fraction of sp³-hybridized carbons (Fsp3) is 0.533. The first kappa shape index (κ1) is 14.0. The van der Waals surface area contributed by atoms with Crippen molar-refractivity contribution in [2.24, 2.45) is 0 Å². The van der Waals surface area contributed by atoms with Crippen LogP contribution in [0.15, 0.2) is 24.3 Å². The van der Waals surface area contributed by atoms with Gasteiger partial charge >= 0.3 is 5.97 Å². The number of rotatable bonds is 3. The summed E-state index contributed by atoms with van der Waals surface area (Å²) in [6.45, 7) is 0.